The summed E-state index contributed by atoms with van der Waals surface area (Å²) >= 11 is 0. The minimum atomic E-state index is -0.665. The second-order valence-corrected chi connectivity index (χ2v) is 6.84. The van der Waals surface area contributed by atoms with Crippen LogP contribution in [0.3, 0.4) is 0 Å². The summed E-state index contributed by atoms with van der Waals surface area (Å²) in [5.74, 6) is -1.20. The van der Waals surface area contributed by atoms with E-state index < -0.39 is 28.9 Å². The molecule has 2 aliphatic rings. The highest BCUT2D eigenvalue weighted by atomic mass is 19.1. The lowest BCUT2D eigenvalue weighted by Crippen LogP contribution is -2.48. The van der Waals surface area contributed by atoms with E-state index in [0.717, 1.165) is 12.8 Å². The summed E-state index contributed by atoms with van der Waals surface area (Å²) in [5, 5.41) is 12.9. The fourth-order valence-electron chi connectivity index (χ4n) is 3.76. The fourth-order valence-corrected chi connectivity index (χ4v) is 3.76. The van der Waals surface area contributed by atoms with Gasteiger partial charge in [-0.25, -0.2) is 8.78 Å². The van der Waals surface area contributed by atoms with Gasteiger partial charge in [0, 0.05) is 5.56 Å². The molecular weight excluding hydrogens is 304 g/mol. The van der Waals surface area contributed by atoms with Crippen LogP contribution in [0.5, 0.6) is 0 Å². The molecule has 1 aromatic carbocycles. The van der Waals surface area contributed by atoms with Crippen LogP contribution in [0.2, 0.25) is 0 Å². The lowest BCUT2D eigenvalue weighted by atomic mass is 9.74. The Morgan fingerprint density at radius 3 is 2.57 bits per heavy atom. The third-order valence-electron chi connectivity index (χ3n) is 5.14. The zero-order valence-electron chi connectivity index (χ0n) is 13.5. The van der Waals surface area contributed by atoms with E-state index in [9.17, 15) is 14.0 Å². The molecule has 2 aliphatic heterocycles. The van der Waals surface area contributed by atoms with Crippen molar-refractivity contribution in [2.75, 3.05) is 0 Å². The third-order valence-corrected chi connectivity index (χ3v) is 5.14. The van der Waals surface area contributed by atoms with Crippen LogP contribution in [0, 0.1) is 17.6 Å². The van der Waals surface area contributed by atoms with Gasteiger partial charge in [0.2, 0.25) is 0 Å². The van der Waals surface area contributed by atoms with Gasteiger partial charge in [-0.1, -0.05) is 25.1 Å². The van der Waals surface area contributed by atoms with E-state index in [4.69, 9.17) is 9.47 Å². The van der Waals surface area contributed by atoms with Crippen molar-refractivity contribution in [3.63, 3.8) is 0 Å². The Morgan fingerprint density at radius 1 is 1.35 bits per heavy atom. The van der Waals surface area contributed by atoms with Crippen molar-refractivity contribution in [3.8, 4) is 0 Å². The summed E-state index contributed by atoms with van der Waals surface area (Å²) in [4.78, 5) is 0. The first kappa shape index (κ1) is 16.3. The summed E-state index contributed by atoms with van der Waals surface area (Å²) in [6.45, 7) is 5.64. The molecule has 4 nitrogen and oxygen atoms in total. The van der Waals surface area contributed by atoms with Crippen LogP contribution in [0.15, 0.2) is 23.4 Å². The van der Waals surface area contributed by atoms with Gasteiger partial charge in [0.1, 0.15) is 29.1 Å². The third kappa shape index (κ3) is 2.35. The number of nitrogens with zero attached hydrogens (tertiary/aromatic N) is 1. The van der Waals surface area contributed by atoms with Crippen LogP contribution in [0.4, 0.5) is 8.78 Å². The van der Waals surface area contributed by atoms with Crippen molar-refractivity contribution in [1.82, 2.24) is 0 Å². The minimum Gasteiger partial charge on any atom is -0.411 e. The first-order chi connectivity index (χ1) is 10.8. The van der Waals surface area contributed by atoms with Crippen LogP contribution < -0.4 is 0 Å². The van der Waals surface area contributed by atoms with E-state index in [1.165, 1.54) is 18.2 Å². The van der Waals surface area contributed by atoms with Gasteiger partial charge >= 0.3 is 0 Å². The zero-order valence-corrected chi connectivity index (χ0v) is 13.5. The Labute approximate surface area is 134 Å². The molecule has 2 heterocycles. The molecule has 0 aromatic heterocycles. The SMILES string of the molecule is CC(C)[C@]12CC[C@](C)(O1)[C@H](OCc1c(F)cccc1F)C2=NO. The lowest BCUT2D eigenvalue weighted by Gasteiger charge is -2.32. The molecule has 2 saturated heterocycles. The smallest absolute Gasteiger partial charge is 0.131 e. The number of hydrogen-bond acceptors (Lipinski definition) is 4. The minimum absolute atomic E-state index is 0.106. The van der Waals surface area contributed by atoms with Crippen LogP contribution in [0.1, 0.15) is 39.2 Å². The predicted molar refractivity (Wildman–Crippen MR) is 80.4 cm³/mol. The molecule has 3 rings (SSSR count). The second-order valence-electron chi connectivity index (χ2n) is 6.84. The van der Waals surface area contributed by atoms with Gasteiger partial charge in [0.25, 0.3) is 0 Å². The van der Waals surface area contributed by atoms with Gasteiger partial charge < -0.3 is 14.7 Å². The summed E-state index contributed by atoms with van der Waals surface area (Å²) in [6, 6.07) is 3.69. The lowest BCUT2D eigenvalue weighted by molar-refractivity contribution is -0.0964. The van der Waals surface area contributed by atoms with Gasteiger partial charge in [0.05, 0.1) is 12.2 Å². The summed E-state index contributed by atoms with van der Waals surface area (Å²) in [7, 11) is 0. The molecule has 126 valence electrons. The quantitative estimate of drug-likeness (QED) is 0.679. The number of benzene rings is 1. The molecule has 0 aliphatic carbocycles. The maximum atomic E-state index is 13.8. The van der Waals surface area contributed by atoms with Gasteiger partial charge in [-0.05, 0) is 37.8 Å². The second kappa shape index (κ2) is 5.53. The average Bonchev–Trinajstić information content (AvgIpc) is 2.97. The maximum absolute atomic E-state index is 13.8. The number of hydrogen-bond donors (Lipinski definition) is 1. The largest absolute Gasteiger partial charge is 0.411 e. The van der Waals surface area contributed by atoms with E-state index >= 15 is 0 Å². The molecule has 0 unspecified atom stereocenters. The average molecular weight is 325 g/mol. The van der Waals surface area contributed by atoms with Gasteiger partial charge in [-0.2, -0.15) is 0 Å². The number of fused-ring (bicyclic) bond motifs is 2. The monoisotopic (exact) mass is 325 g/mol. The standard InChI is InChI=1S/C17H21F2NO3/c1-10(2)17-8-7-16(3,23-17)15(14(17)20-21)22-9-11-12(18)5-4-6-13(11)19/h4-6,10,15,21H,7-9H2,1-3H3/t15-,16+,17+/m1/s1. The van der Waals surface area contributed by atoms with Crippen LogP contribution in [-0.2, 0) is 16.1 Å². The highest BCUT2D eigenvalue weighted by Crippen LogP contribution is 2.53. The molecule has 0 saturated carbocycles. The molecule has 23 heavy (non-hydrogen) atoms. The Balaban J connectivity index is 1.86. The van der Waals surface area contributed by atoms with Crippen molar-refractivity contribution in [2.24, 2.45) is 11.1 Å². The Hall–Kier alpha value is -1.53. The van der Waals surface area contributed by atoms with Gasteiger partial charge in [-0.3, -0.25) is 0 Å². The fraction of sp³-hybridized carbons (Fsp3) is 0.588. The number of ether oxygens (including phenoxy) is 2. The number of oxime groups is 1. The summed E-state index contributed by atoms with van der Waals surface area (Å²) < 4.78 is 39.5. The molecule has 2 fully saturated rings. The van der Waals surface area contributed by atoms with Crippen molar-refractivity contribution >= 4 is 5.71 Å². The molecule has 0 amide bonds. The molecular formula is C17H21F2NO3. The van der Waals surface area contributed by atoms with Crippen molar-refractivity contribution in [2.45, 2.75) is 57.5 Å². The Kier molecular flexibility index (Phi) is 3.92. The summed E-state index contributed by atoms with van der Waals surface area (Å²) in [5.41, 5.74) is -1.03. The van der Waals surface area contributed by atoms with Crippen molar-refractivity contribution in [3.05, 3.63) is 35.4 Å². The van der Waals surface area contributed by atoms with Gasteiger partial charge in [0.15, 0.2) is 0 Å². The predicted octanol–water partition coefficient (Wildman–Crippen LogP) is 3.66. The molecule has 6 heteroatoms. The molecule has 1 aromatic rings. The van der Waals surface area contributed by atoms with Gasteiger partial charge in [-0.15, -0.1) is 0 Å². The maximum Gasteiger partial charge on any atom is 0.131 e. The number of halogens is 2. The molecule has 2 bridgehead atoms. The molecule has 1 N–H and O–H groups in total. The number of rotatable bonds is 4. The first-order valence-corrected chi connectivity index (χ1v) is 7.81. The summed E-state index contributed by atoms with van der Waals surface area (Å²) in [6.07, 6.45) is 0.867. The Bertz CT molecular complexity index is 628. The van der Waals surface area contributed by atoms with Crippen LogP contribution in [-0.4, -0.2) is 28.2 Å². The van der Waals surface area contributed by atoms with Crippen LogP contribution >= 0.6 is 0 Å². The van der Waals surface area contributed by atoms with Crippen molar-refractivity contribution in [1.29, 1.82) is 0 Å². The van der Waals surface area contributed by atoms with E-state index in [0.29, 0.717) is 5.71 Å². The van der Waals surface area contributed by atoms with Crippen LogP contribution in [0.25, 0.3) is 0 Å². The normalized spacial score (nSPS) is 34.7. The van der Waals surface area contributed by atoms with Crippen molar-refractivity contribution < 1.29 is 23.5 Å². The highest BCUT2D eigenvalue weighted by molar-refractivity contribution is 6.00. The van der Waals surface area contributed by atoms with E-state index in [1.54, 1.807) is 0 Å². The zero-order chi connectivity index (χ0) is 16.8. The topological polar surface area (TPSA) is 51.0 Å². The Morgan fingerprint density at radius 2 is 2.00 bits per heavy atom. The van der Waals surface area contributed by atoms with E-state index in [2.05, 4.69) is 5.16 Å². The highest BCUT2D eigenvalue weighted by Gasteiger charge is 2.65. The van der Waals surface area contributed by atoms with E-state index in [-0.39, 0.29) is 18.1 Å². The van der Waals surface area contributed by atoms with E-state index in [1.807, 2.05) is 20.8 Å². The molecule has 3 atom stereocenters. The molecule has 0 spiro atoms. The first-order valence-electron chi connectivity index (χ1n) is 7.81. The molecule has 0 radical (unpaired) electrons.